The normalized spacial score (nSPS) is 9.33. The van der Waals surface area contributed by atoms with Gasteiger partial charge in [0.1, 0.15) is 11.9 Å². The molecule has 0 aliphatic heterocycles. The van der Waals surface area contributed by atoms with Crippen LogP contribution in [-0.4, -0.2) is 12.5 Å². The topological polar surface area (TPSA) is 78.9 Å². The van der Waals surface area contributed by atoms with Crippen molar-refractivity contribution in [2.24, 2.45) is 5.73 Å². The molecule has 0 aromatic heterocycles. The highest BCUT2D eigenvalue weighted by molar-refractivity contribution is 5.74. The van der Waals surface area contributed by atoms with Gasteiger partial charge in [0.25, 0.3) is 0 Å². The molecular weight excluding hydrogens is 197 g/mol. The van der Waals surface area contributed by atoms with Crippen LogP contribution in [0.1, 0.15) is 12.0 Å². The summed E-state index contributed by atoms with van der Waals surface area (Å²) in [6, 6.07) is 5.68. The van der Waals surface area contributed by atoms with Crippen LogP contribution in [0.5, 0.6) is 0 Å². The van der Waals surface area contributed by atoms with Gasteiger partial charge in [0, 0.05) is 13.0 Å². The van der Waals surface area contributed by atoms with Gasteiger partial charge in [0.2, 0.25) is 5.91 Å². The Kier molecular flexibility index (Phi) is 3.63. The number of halogens is 1. The summed E-state index contributed by atoms with van der Waals surface area (Å²) in [7, 11) is 0. The zero-order chi connectivity index (χ0) is 11.3. The lowest BCUT2D eigenvalue weighted by atomic mass is 10.2. The van der Waals surface area contributed by atoms with Gasteiger partial charge < -0.3 is 11.1 Å². The highest BCUT2D eigenvalue weighted by atomic mass is 19.1. The minimum atomic E-state index is -0.466. The third-order valence-electron chi connectivity index (χ3n) is 1.79. The number of hydrogen-bond donors (Lipinski definition) is 2. The summed E-state index contributed by atoms with van der Waals surface area (Å²) in [5.74, 6) is -0.893. The van der Waals surface area contributed by atoms with E-state index in [9.17, 15) is 9.18 Å². The van der Waals surface area contributed by atoms with Crippen molar-refractivity contribution in [1.29, 1.82) is 5.26 Å². The monoisotopic (exact) mass is 207 g/mol. The minimum Gasteiger partial charge on any atom is -0.383 e. The van der Waals surface area contributed by atoms with Crippen molar-refractivity contribution in [2.45, 2.75) is 6.42 Å². The molecule has 0 saturated carbocycles. The number of rotatable bonds is 4. The highest BCUT2D eigenvalue weighted by Gasteiger charge is 2.03. The van der Waals surface area contributed by atoms with Gasteiger partial charge >= 0.3 is 0 Å². The molecule has 1 amide bonds. The maximum Gasteiger partial charge on any atom is 0.219 e. The van der Waals surface area contributed by atoms with Crippen LogP contribution in [0, 0.1) is 17.1 Å². The van der Waals surface area contributed by atoms with Crippen molar-refractivity contribution in [3.63, 3.8) is 0 Å². The molecule has 0 aliphatic carbocycles. The van der Waals surface area contributed by atoms with Crippen LogP contribution in [0.4, 0.5) is 10.1 Å². The van der Waals surface area contributed by atoms with Gasteiger partial charge in [-0.05, 0) is 18.2 Å². The van der Waals surface area contributed by atoms with E-state index >= 15 is 0 Å². The van der Waals surface area contributed by atoms with Gasteiger partial charge in [0.15, 0.2) is 0 Å². The molecule has 1 aromatic carbocycles. The molecule has 1 aromatic rings. The van der Waals surface area contributed by atoms with Gasteiger partial charge in [0.05, 0.1) is 11.3 Å². The summed E-state index contributed by atoms with van der Waals surface area (Å²) in [5, 5.41) is 11.5. The molecular formula is C10H10FN3O. The third kappa shape index (κ3) is 3.27. The Hall–Kier alpha value is -2.09. The number of nitrogens with two attached hydrogens (primary N) is 1. The number of hydrogen-bond acceptors (Lipinski definition) is 3. The summed E-state index contributed by atoms with van der Waals surface area (Å²) in [6.07, 6.45) is 0.169. The molecule has 15 heavy (non-hydrogen) atoms. The molecule has 78 valence electrons. The number of carbonyl (C=O) groups is 1. The number of nitrogens with zero attached hydrogens (tertiary/aromatic N) is 1. The molecule has 0 fully saturated rings. The molecule has 1 rings (SSSR count). The van der Waals surface area contributed by atoms with Crippen molar-refractivity contribution in [3.05, 3.63) is 29.6 Å². The Morgan fingerprint density at radius 3 is 2.93 bits per heavy atom. The summed E-state index contributed by atoms with van der Waals surface area (Å²) >= 11 is 0. The average Bonchev–Trinajstić information content (AvgIpc) is 2.19. The summed E-state index contributed by atoms with van der Waals surface area (Å²) in [5.41, 5.74) is 5.66. The first kappa shape index (κ1) is 11.0. The van der Waals surface area contributed by atoms with Gasteiger partial charge in [-0.15, -0.1) is 0 Å². The average molecular weight is 207 g/mol. The second-order valence-corrected chi connectivity index (χ2v) is 2.94. The molecule has 0 saturated heterocycles. The van der Waals surface area contributed by atoms with Crippen LogP contribution < -0.4 is 11.1 Å². The fourth-order valence-electron chi connectivity index (χ4n) is 1.08. The molecule has 3 N–H and O–H groups in total. The van der Waals surface area contributed by atoms with Crippen molar-refractivity contribution in [3.8, 4) is 6.07 Å². The van der Waals surface area contributed by atoms with E-state index in [2.05, 4.69) is 5.32 Å². The standard InChI is InChI=1S/C10H10FN3O/c11-8-1-2-9(7(5-8)6-12)14-4-3-10(13)15/h1-2,5,14H,3-4H2,(H2,13,15). The lowest BCUT2D eigenvalue weighted by molar-refractivity contribution is -0.117. The van der Waals surface area contributed by atoms with Crippen molar-refractivity contribution in [2.75, 3.05) is 11.9 Å². The fraction of sp³-hybridized carbons (Fsp3) is 0.200. The van der Waals surface area contributed by atoms with Gasteiger partial charge in [-0.3, -0.25) is 4.79 Å². The largest absolute Gasteiger partial charge is 0.383 e. The fourth-order valence-corrected chi connectivity index (χ4v) is 1.08. The van der Waals surface area contributed by atoms with Crippen molar-refractivity contribution in [1.82, 2.24) is 0 Å². The molecule has 0 radical (unpaired) electrons. The van der Waals surface area contributed by atoms with Gasteiger partial charge in [-0.25, -0.2) is 4.39 Å². The van der Waals surface area contributed by atoms with Gasteiger partial charge in [-0.1, -0.05) is 0 Å². The van der Waals surface area contributed by atoms with E-state index in [1.165, 1.54) is 12.1 Å². The lowest BCUT2D eigenvalue weighted by Gasteiger charge is -2.06. The smallest absolute Gasteiger partial charge is 0.219 e. The number of benzene rings is 1. The van der Waals surface area contributed by atoms with E-state index in [1.54, 1.807) is 0 Å². The summed E-state index contributed by atoms with van der Waals surface area (Å²) < 4.78 is 12.7. The zero-order valence-electron chi connectivity index (χ0n) is 7.96. The molecule has 5 heteroatoms. The number of anilines is 1. The third-order valence-corrected chi connectivity index (χ3v) is 1.79. The Morgan fingerprint density at radius 2 is 2.33 bits per heavy atom. The van der Waals surface area contributed by atoms with Crippen LogP contribution in [0.2, 0.25) is 0 Å². The number of amides is 1. The molecule has 0 unspecified atom stereocenters. The van der Waals surface area contributed by atoms with Crippen LogP contribution in [0.15, 0.2) is 18.2 Å². The first-order valence-electron chi connectivity index (χ1n) is 4.35. The minimum absolute atomic E-state index is 0.169. The molecule has 0 spiro atoms. The lowest BCUT2D eigenvalue weighted by Crippen LogP contribution is -2.16. The maximum absolute atomic E-state index is 12.7. The summed E-state index contributed by atoms with van der Waals surface area (Å²) in [4.78, 5) is 10.5. The molecule has 0 bridgehead atoms. The summed E-state index contributed by atoms with van der Waals surface area (Å²) in [6.45, 7) is 0.329. The Balaban J connectivity index is 2.69. The predicted molar refractivity (Wildman–Crippen MR) is 53.4 cm³/mol. The molecule has 4 nitrogen and oxygen atoms in total. The van der Waals surface area contributed by atoms with Crippen molar-refractivity contribution < 1.29 is 9.18 Å². The SMILES string of the molecule is N#Cc1cc(F)ccc1NCCC(N)=O. The number of primary amides is 1. The van der Waals surface area contributed by atoms with Crippen LogP contribution >= 0.6 is 0 Å². The number of nitriles is 1. The van der Waals surface area contributed by atoms with E-state index in [4.69, 9.17) is 11.0 Å². The first-order chi connectivity index (χ1) is 7.13. The van der Waals surface area contributed by atoms with Crippen LogP contribution in [-0.2, 0) is 4.79 Å². The highest BCUT2D eigenvalue weighted by Crippen LogP contribution is 2.15. The molecule has 0 heterocycles. The van der Waals surface area contributed by atoms with E-state index in [0.717, 1.165) is 6.07 Å². The second-order valence-electron chi connectivity index (χ2n) is 2.94. The first-order valence-corrected chi connectivity index (χ1v) is 4.35. The van der Waals surface area contributed by atoms with Gasteiger partial charge in [-0.2, -0.15) is 5.26 Å². The molecule has 0 aliphatic rings. The van der Waals surface area contributed by atoms with Crippen LogP contribution in [0.3, 0.4) is 0 Å². The van der Waals surface area contributed by atoms with Crippen molar-refractivity contribution >= 4 is 11.6 Å². The van der Waals surface area contributed by atoms with Crippen LogP contribution in [0.25, 0.3) is 0 Å². The van der Waals surface area contributed by atoms with E-state index in [1.807, 2.05) is 6.07 Å². The predicted octanol–water partition coefficient (Wildman–Crippen LogP) is 0.985. The Morgan fingerprint density at radius 1 is 1.60 bits per heavy atom. The zero-order valence-corrected chi connectivity index (χ0v) is 7.96. The van der Waals surface area contributed by atoms with E-state index in [-0.39, 0.29) is 12.0 Å². The number of nitrogens with one attached hydrogen (secondary N) is 1. The van der Waals surface area contributed by atoms with E-state index < -0.39 is 11.7 Å². The quantitative estimate of drug-likeness (QED) is 0.772. The number of carbonyl (C=O) groups excluding carboxylic acids is 1. The Bertz CT molecular complexity index is 412. The molecule has 0 atom stereocenters. The Labute approximate surface area is 86.5 Å². The second kappa shape index (κ2) is 4.96. The maximum atomic E-state index is 12.7. The van der Waals surface area contributed by atoms with E-state index in [0.29, 0.717) is 12.2 Å².